The Morgan fingerprint density at radius 1 is 1.38 bits per heavy atom. The Morgan fingerprint density at radius 3 is 2.08 bits per heavy atom. The lowest BCUT2D eigenvalue weighted by molar-refractivity contribution is -0.198. The summed E-state index contributed by atoms with van der Waals surface area (Å²) in [6.45, 7) is 3.25. The molecule has 0 saturated heterocycles. The largest absolute Gasteiger partial charge is 0.469 e. The van der Waals surface area contributed by atoms with Gasteiger partial charge in [-0.1, -0.05) is 13.8 Å². The molecular weight excluding hydrogens is 185 g/mol. The van der Waals surface area contributed by atoms with E-state index >= 15 is 0 Å². The number of carbonyl (C=O) groups is 1. The molecule has 0 aromatic rings. The maximum atomic E-state index is 12.2. The minimum absolute atomic E-state index is 0.189. The summed E-state index contributed by atoms with van der Waals surface area (Å²) in [7, 11) is 0.960. The number of alkyl halides is 3. The van der Waals surface area contributed by atoms with Crippen molar-refractivity contribution in [1.29, 1.82) is 0 Å². The highest BCUT2D eigenvalue weighted by Crippen LogP contribution is 2.31. The molecule has 0 heterocycles. The second kappa shape index (κ2) is 4.48. The Labute approximate surface area is 75.1 Å². The number of carbonyl (C=O) groups excluding carboxylic acids is 1. The summed E-state index contributed by atoms with van der Waals surface area (Å²) in [5.41, 5.74) is 0. The maximum absolute atomic E-state index is 12.2. The number of ether oxygens (including phenoxy) is 1. The highest BCUT2D eigenvalue weighted by Gasteiger charge is 2.45. The lowest BCUT2D eigenvalue weighted by Gasteiger charge is -2.19. The van der Waals surface area contributed by atoms with E-state index in [1.165, 1.54) is 0 Å². The number of hydrogen-bond acceptors (Lipinski definition) is 2. The lowest BCUT2D eigenvalue weighted by Crippen LogP contribution is -2.32. The molecule has 0 aromatic heterocycles. The quantitative estimate of drug-likeness (QED) is 0.651. The SMILES string of the molecule is COC(=O)C(CC(C)C)C(F)(F)F. The van der Waals surface area contributed by atoms with Gasteiger partial charge in [0.2, 0.25) is 0 Å². The highest BCUT2D eigenvalue weighted by molar-refractivity contribution is 5.73. The standard InChI is InChI=1S/C8H13F3O2/c1-5(2)4-6(7(12)13-3)8(9,10)11/h5-6H,4H2,1-3H3. The zero-order valence-electron chi connectivity index (χ0n) is 7.81. The Balaban J connectivity index is 4.47. The molecule has 1 atom stereocenters. The van der Waals surface area contributed by atoms with Crippen molar-refractivity contribution in [2.24, 2.45) is 11.8 Å². The van der Waals surface area contributed by atoms with Crippen molar-refractivity contribution in [3.05, 3.63) is 0 Å². The summed E-state index contributed by atoms with van der Waals surface area (Å²) < 4.78 is 40.7. The van der Waals surface area contributed by atoms with Gasteiger partial charge in [-0.15, -0.1) is 0 Å². The molecule has 0 aliphatic carbocycles. The van der Waals surface area contributed by atoms with E-state index in [4.69, 9.17) is 0 Å². The second-order valence-corrected chi connectivity index (χ2v) is 3.25. The van der Waals surface area contributed by atoms with Crippen LogP contribution in [0.1, 0.15) is 20.3 Å². The van der Waals surface area contributed by atoms with Gasteiger partial charge in [-0.3, -0.25) is 4.79 Å². The predicted octanol–water partition coefficient (Wildman–Crippen LogP) is 2.38. The molecule has 0 aliphatic rings. The van der Waals surface area contributed by atoms with E-state index in [1.807, 2.05) is 0 Å². The van der Waals surface area contributed by atoms with Gasteiger partial charge in [0.1, 0.15) is 0 Å². The fourth-order valence-corrected chi connectivity index (χ4v) is 0.977. The summed E-state index contributed by atoms with van der Waals surface area (Å²) in [4.78, 5) is 10.8. The zero-order chi connectivity index (χ0) is 10.6. The van der Waals surface area contributed by atoms with Crippen molar-refractivity contribution in [2.45, 2.75) is 26.4 Å². The van der Waals surface area contributed by atoms with E-state index in [9.17, 15) is 18.0 Å². The molecule has 2 nitrogen and oxygen atoms in total. The molecular formula is C8H13F3O2. The first-order valence-corrected chi connectivity index (χ1v) is 3.93. The van der Waals surface area contributed by atoms with Gasteiger partial charge in [-0.2, -0.15) is 13.2 Å². The van der Waals surface area contributed by atoms with Gasteiger partial charge in [-0.25, -0.2) is 0 Å². The lowest BCUT2D eigenvalue weighted by atomic mass is 9.97. The molecule has 78 valence electrons. The van der Waals surface area contributed by atoms with Crippen LogP contribution in [-0.4, -0.2) is 19.3 Å². The van der Waals surface area contributed by atoms with Crippen LogP contribution in [0.2, 0.25) is 0 Å². The van der Waals surface area contributed by atoms with Crippen molar-refractivity contribution < 1.29 is 22.7 Å². The van der Waals surface area contributed by atoms with Gasteiger partial charge in [0.15, 0.2) is 5.92 Å². The van der Waals surface area contributed by atoms with Crippen molar-refractivity contribution in [2.75, 3.05) is 7.11 Å². The van der Waals surface area contributed by atoms with E-state index in [0.29, 0.717) is 0 Å². The monoisotopic (exact) mass is 198 g/mol. The summed E-state index contributed by atoms with van der Waals surface area (Å²) in [5.74, 6) is -3.38. The first kappa shape index (κ1) is 12.3. The fraction of sp³-hybridized carbons (Fsp3) is 0.875. The molecule has 0 aromatic carbocycles. The molecule has 0 fully saturated rings. The van der Waals surface area contributed by atoms with Crippen LogP contribution in [0, 0.1) is 11.8 Å². The molecule has 0 rings (SSSR count). The Bertz CT molecular complexity index is 175. The molecule has 0 spiro atoms. The molecule has 0 N–H and O–H groups in total. The Kier molecular flexibility index (Phi) is 4.23. The molecule has 0 amide bonds. The van der Waals surface area contributed by atoms with Gasteiger partial charge in [0, 0.05) is 0 Å². The van der Waals surface area contributed by atoms with Gasteiger partial charge < -0.3 is 4.74 Å². The summed E-state index contributed by atoms with van der Waals surface area (Å²) in [6, 6.07) is 0. The van der Waals surface area contributed by atoms with Crippen LogP contribution in [0.3, 0.4) is 0 Å². The van der Waals surface area contributed by atoms with Gasteiger partial charge in [0.05, 0.1) is 7.11 Å². The third-order valence-corrected chi connectivity index (χ3v) is 1.59. The highest BCUT2D eigenvalue weighted by atomic mass is 19.4. The van der Waals surface area contributed by atoms with Crippen LogP contribution < -0.4 is 0 Å². The van der Waals surface area contributed by atoms with Gasteiger partial charge >= 0.3 is 12.1 Å². The van der Waals surface area contributed by atoms with Crippen molar-refractivity contribution in [3.63, 3.8) is 0 Å². The number of halogens is 3. The number of rotatable bonds is 3. The third kappa shape index (κ3) is 4.15. The van der Waals surface area contributed by atoms with Crippen LogP contribution in [-0.2, 0) is 9.53 Å². The first-order chi connectivity index (χ1) is 5.79. The van der Waals surface area contributed by atoms with E-state index in [1.54, 1.807) is 13.8 Å². The average Bonchev–Trinajstić information content (AvgIpc) is 1.96. The normalized spacial score (nSPS) is 14.4. The van der Waals surface area contributed by atoms with Crippen LogP contribution in [0.25, 0.3) is 0 Å². The van der Waals surface area contributed by atoms with Crippen molar-refractivity contribution in [1.82, 2.24) is 0 Å². The number of methoxy groups -OCH3 is 1. The molecule has 0 bridgehead atoms. The molecule has 13 heavy (non-hydrogen) atoms. The van der Waals surface area contributed by atoms with E-state index in [-0.39, 0.29) is 12.3 Å². The Hall–Kier alpha value is -0.740. The van der Waals surface area contributed by atoms with E-state index in [2.05, 4.69) is 4.74 Å². The molecule has 0 aliphatic heterocycles. The van der Waals surface area contributed by atoms with Crippen LogP contribution in [0.5, 0.6) is 0 Å². The summed E-state index contributed by atoms with van der Waals surface area (Å²) in [5, 5.41) is 0. The van der Waals surface area contributed by atoms with Crippen molar-refractivity contribution >= 4 is 5.97 Å². The van der Waals surface area contributed by atoms with E-state index in [0.717, 1.165) is 7.11 Å². The zero-order valence-corrected chi connectivity index (χ0v) is 7.81. The second-order valence-electron chi connectivity index (χ2n) is 3.25. The van der Waals surface area contributed by atoms with Crippen LogP contribution >= 0.6 is 0 Å². The molecule has 1 unspecified atom stereocenters. The summed E-state index contributed by atoms with van der Waals surface area (Å²) >= 11 is 0. The summed E-state index contributed by atoms with van der Waals surface area (Å²) in [6.07, 6.45) is -4.73. The van der Waals surface area contributed by atoms with Crippen LogP contribution in [0.4, 0.5) is 13.2 Å². The Morgan fingerprint density at radius 2 is 1.85 bits per heavy atom. The van der Waals surface area contributed by atoms with Gasteiger partial charge in [-0.05, 0) is 12.3 Å². The van der Waals surface area contributed by atoms with Crippen LogP contribution in [0.15, 0.2) is 0 Å². The minimum Gasteiger partial charge on any atom is -0.469 e. The fourth-order valence-electron chi connectivity index (χ4n) is 0.977. The van der Waals surface area contributed by atoms with E-state index < -0.39 is 18.1 Å². The molecule has 0 saturated carbocycles. The smallest absolute Gasteiger partial charge is 0.402 e. The minimum atomic E-state index is -4.50. The predicted molar refractivity (Wildman–Crippen MR) is 41.0 cm³/mol. The molecule has 0 radical (unpaired) electrons. The third-order valence-electron chi connectivity index (χ3n) is 1.59. The average molecular weight is 198 g/mol. The topological polar surface area (TPSA) is 26.3 Å². The van der Waals surface area contributed by atoms with Crippen molar-refractivity contribution in [3.8, 4) is 0 Å². The maximum Gasteiger partial charge on any atom is 0.402 e. The molecule has 5 heteroatoms. The van der Waals surface area contributed by atoms with Gasteiger partial charge in [0.25, 0.3) is 0 Å². The number of hydrogen-bond donors (Lipinski definition) is 0. The first-order valence-electron chi connectivity index (χ1n) is 3.93. The number of esters is 1.